The van der Waals surface area contributed by atoms with E-state index in [1.807, 2.05) is 4.90 Å². The molecular weight excluding hydrogens is 232 g/mol. The van der Waals surface area contributed by atoms with Gasteiger partial charge in [0, 0.05) is 20.5 Å². The molecule has 0 aromatic heterocycles. The number of carbonyl (C=O) groups excluding carboxylic acids is 2. The van der Waals surface area contributed by atoms with Crippen LogP contribution in [0.15, 0.2) is 0 Å². The van der Waals surface area contributed by atoms with Crippen LogP contribution in [0.2, 0.25) is 0 Å². The predicted octanol–water partition coefficient (Wildman–Crippen LogP) is 1.77. The van der Waals surface area contributed by atoms with E-state index in [4.69, 9.17) is 4.74 Å². The maximum atomic E-state index is 11.7. The molecule has 1 heterocycles. The summed E-state index contributed by atoms with van der Waals surface area (Å²) in [4.78, 5) is 24.9. The lowest BCUT2D eigenvalue weighted by Gasteiger charge is -2.46. The van der Waals surface area contributed by atoms with E-state index in [2.05, 4.69) is 26.1 Å². The number of nitrogens with one attached hydrogen (secondary N) is 1. The van der Waals surface area contributed by atoms with Crippen LogP contribution in [0.3, 0.4) is 0 Å². The van der Waals surface area contributed by atoms with Crippen molar-refractivity contribution in [1.29, 1.82) is 0 Å². The third-order valence-electron chi connectivity index (χ3n) is 3.33. The second kappa shape index (κ2) is 5.59. The number of rotatable bonds is 1. The maximum absolute atomic E-state index is 11.7. The third kappa shape index (κ3) is 3.37. The quantitative estimate of drug-likeness (QED) is 0.778. The number of amides is 2. The molecule has 1 fully saturated rings. The first-order valence-corrected chi connectivity index (χ1v) is 6.43. The van der Waals surface area contributed by atoms with Crippen molar-refractivity contribution in [3.05, 3.63) is 0 Å². The summed E-state index contributed by atoms with van der Waals surface area (Å²) in [5.74, 6) is 0.0418. The molecule has 1 rings (SSSR count). The van der Waals surface area contributed by atoms with E-state index < -0.39 is 6.09 Å². The van der Waals surface area contributed by atoms with Crippen molar-refractivity contribution in [2.75, 3.05) is 13.6 Å². The minimum absolute atomic E-state index is 0.0418. The fourth-order valence-corrected chi connectivity index (χ4v) is 2.66. The molecule has 1 saturated heterocycles. The van der Waals surface area contributed by atoms with E-state index in [1.54, 1.807) is 14.0 Å². The van der Waals surface area contributed by atoms with Gasteiger partial charge < -0.3 is 15.0 Å². The molecule has 0 bridgehead atoms. The molecule has 1 aliphatic rings. The first-order chi connectivity index (χ1) is 8.27. The Morgan fingerprint density at radius 3 is 2.39 bits per heavy atom. The minimum Gasteiger partial charge on any atom is -0.444 e. The molecule has 5 heteroatoms. The van der Waals surface area contributed by atoms with Gasteiger partial charge >= 0.3 is 6.09 Å². The number of piperidine rings is 1. The first-order valence-electron chi connectivity index (χ1n) is 6.43. The second-order valence-corrected chi connectivity index (χ2v) is 5.86. The molecule has 0 aliphatic carbocycles. The summed E-state index contributed by atoms with van der Waals surface area (Å²) in [6.07, 6.45) is 1.01. The molecule has 0 aromatic carbocycles. The van der Waals surface area contributed by atoms with E-state index in [1.165, 1.54) is 0 Å². The zero-order valence-corrected chi connectivity index (χ0v) is 11.9. The Labute approximate surface area is 109 Å². The summed E-state index contributed by atoms with van der Waals surface area (Å²) in [5, 5.41) is 2.46. The molecule has 5 nitrogen and oxygen atoms in total. The SMILES string of the molecule is CNC(=O)OC1CCCN(C(C)=O)C1C(C)(C)C. The molecule has 0 spiro atoms. The summed E-state index contributed by atoms with van der Waals surface area (Å²) < 4.78 is 5.42. The normalized spacial score (nSPS) is 24.6. The van der Waals surface area contributed by atoms with Gasteiger partial charge in [0.25, 0.3) is 0 Å². The molecule has 1 aliphatic heterocycles. The van der Waals surface area contributed by atoms with Gasteiger partial charge in [-0.15, -0.1) is 0 Å². The van der Waals surface area contributed by atoms with Crippen molar-refractivity contribution in [2.45, 2.75) is 52.7 Å². The Kier molecular flexibility index (Phi) is 4.59. The van der Waals surface area contributed by atoms with Gasteiger partial charge in [-0.25, -0.2) is 4.79 Å². The number of hydrogen-bond acceptors (Lipinski definition) is 3. The van der Waals surface area contributed by atoms with E-state index in [0.29, 0.717) is 0 Å². The lowest BCUT2D eigenvalue weighted by molar-refractivity contribution is -0.141. The van der Waals surface area contributed by atoms with Crippen LogP contribution in [-0.2, 0) is 9.53 Å². The standard InChI is InChI=1S/C13H24N2O3/c1-9(16)15-8-6-7-10(18-12(17)14-5)11(15)13(2,3)4/h10-11H,6-8H2,1-5H3,(H,14,17). The fraction of sp³-hybridized carbons (Fsp3) is 0.846. The van der Waals surface area contributed by atoms with Crippen LogP contribution >= 0.6 is 0 Å². The fourth-order valence-electron chi connectivity index (χ4n) is 2.66. The van der Waals surface area contributed by atoms with Gasteiger partial charge in [-0.1, -0.05) is 20.8 Å². The van der Waals surface area contributed by atoms with Crippen LogP contribution in [-0.4, -0.2) is 42.6 Å². The van der Waals surface area contributed by atoms with Gasteiger partial charge in [0.05, 0.1) is 6.04 Å². The molecule has 0 aromatic rings. The maximum Gasteiger partial charge on any atom is 0.407 e. The Bertz CT molecular complexity index is 323. The Hall–Kier alpha value is -1.26. The van der Waals surface area contributed by atoms with Gasteiger partial charge in [0.1, 0.15) is 6.10 Å². The highest BCUT2D eigenvalue weighted by Gasteiger charge is 2.42. The van der Waals surface area contributed by atoms with Crippen LogP contribution in [0.25, 0.3) is 0 Å². The highest BCUT2D eigenvalue weighted by molar-refractivity contribution is 5.74. The summed E-state index contributed by atoms with van der Waals surface area (Å²) in [5.41, 5.74) is -0.120. The highest BCUT2D eigenvalue weighted by atomic mass is 16.6. The van der Waals surface area contributed by atoms with Gasteiger partial charge in [-0.05, 0) is 18.3 Å². The van der Waals surface area contributed by atoms with Crippen LogP contribution < -0.4 is 5.32 Å². The van der Waals surface area contributed by atoms with Gasteiger partial charge in [0.15, 0.2) is 0 Å². The van der Waals surface area contributed by atoms with E-state index in [-0.39, 0.29) is 23.5 Å². The smallest absolute Gasteiger partial charge is 0.407 e. The molecule has 2 unspecified atom stereocenters. The molecule has 1 N–H and O–H groups in total. The second-order valence-electron chi connectivity index (χ2n) is 5.86. The molecule has 0 saturated carbocycles. The molecule has 18 heavy (non-hydrogen) atoms. The Morgan fingerprint density at radius 2 is 1.94 bits per heavy atom. The van der Waals surface area contributed by atoms with Gasteiger partial charge in [-0.2, -0.15) is 0 Å². The van der Waals surface area contributed by atoms with Crippen LogP contribution in [0, 0.1) is 5.41 Å². The summed E-state index contributed by atoms with van der Waals surface area (Å²) in [7, 11) is 1.54. The summed E-state index contributed by atoms with van der Waals surface area (Å²) in [6, 6.07) is -0.0685. The Balaban J connectivity index is 2.92. The van der Waals surface area contributed by atoms with Gasteiger partial charge in [-0.3, -0.25) is 4.79 Å². The largest absolute Gasteiger partial charge is 0.444 e. The lowest BCUT2D eigenvalue weighted by atomic mass is 9.78. The number of likely N-dealkylation sites (tertiary alicyclic amines) is 1. The average Bonchev–Trinajstić information content (AvgIpc) is 2.26. The monoisotopic (exact) mass is 256 g/mol. The van der Waals surface area contributed by atoms with Crippen molar-refractivity contribution < 1.29 is 14.3 Å². The molecule has 2 atom stereocenters. The van der Waals surface area contributed by atoms with E-state index in [0.717, 1.165) is 19.4 Å². The lowest BCUT2D eigenvalue weighted by Crippen LogP contribution is -2.57. The summed E-state index contributed by atoms with van der Waals surface area (Å²) >= 11 is 0. The number of alkyl carbamates (subject to hydrolysis) is 1. The van der Waals surface area contributed by atoms with Crippen LogP contribution in [0.4, 0.5) is 4.79 Å². The van der Waals surface area contributed by atoms with Crippen molar-refractivity contribution >= 4 is 12.0 Å². The van der Waals surface area contributed by atoms with Crippen LogP contribution in [0.1, 0.15) is 40.5 Å². The first kappa shape index (κ1) is 14.8. The zero-order chi connectivity index (χ0) is 13.9. The van der Waals surface area contributed by atoms with Crippen molar-refractivity contribution in [2.24, 2.45) is 5.41 Å². The average molecular weight is 256 g/mol. The summed E-state index contributed by atoms with van der Waals surface area (Å²) in [6.45, 7) is 8.52. The zero-order valence-electron chi connectivity index (χ0n) is 11.9. The number of hydrogen-bond donors (Lipinski definition) is 1. The van der Waals surface area contributed by atoms with Gasteiger partial charge in [0.2, 0.25) is 5.91 Å². The molecule has 2 amide bonds. The molecular formula is C13H24N2O3. The number of carbonyl (C=O) groups is 2. The highest BCUT2D eigenvalue weighted by Crippen LogP contribution is 2.33. The van der Waals surface area contributed by atoms with E-state index >= 15 is 0 Å². The van der Waals surface area contributed by atoms with Crippen molar-refractivity contribution in [3.63, 3.8) is 0 Å². The van der Waals surface area contributed by atoms with E-state index in [9.17, 15) is 9.59 Å². The number of nitrogens with zero attached hydrogens (tertiary/aromatic N) is 1. The number of ether oxygens (including phenoxy) is 1. The Morgan fingerprint density at radius 1 is 1.33 bits per heavy atom. The topological polar surface area (TPSA) is 58.6 Å². The molecule has 104 valence electrons. The third-order valence-corrected chi connectivity index (χ3v) is 3.33. The predicted molar refractivity (Wildman–Crippen MR) is 69.2 cm³/mol. The molecule has 0 radical (unpaired) electrons. The van der Waals surface area contributed by atoms with Crippen LogP contribution in [0.5, 0.6) is 0 Å². The van der Waals surface area contributed by atoms with Crippen molar-refractivity contribution in [3.8, 4) is 0 Å². The van der Waals surface area contributed by atoms with Crippen molar-refractivity contribution in [1.82, 2.24) is 10.2 Å². The minimum atomic E-state index is -0.431.